The molecule has 1 aromatic rings. The fraction of sp³-hybridized carbons (Fsp3) is 0.500. The van der Waals surface area contributed by atoms with Gasteiger partial charge in [0.25, 0.3) is 0 Å². The Kier molecular flexibility index (Phi) is 3.49. The van der Waals surface area contributed by atoms with Crippen LogP contribution in [0.1, 0.15) is 31.9 Å². The minimum Gasteiger partial charge on any atom is -0.508 e. The smallest absolute Gasteiger partial charge is 0.224 e. The van der Waals surface area contributed by atoms with Gasteiger partial charge in [-0.3, -0.25) is 9.69 Å². The molecule has 2 rings (SSSR count). The number of likely N-dealkylation sites (tertiary alicyclic amines) is 1. The largest absolute Gasteiger partial charge is 0.508 e. The zero-order valence-corrected chi connectivity index (χ0v) is 11.2. The van der Waals surface area contributed by atoms with Crippen molar-refractivity contribution in [2.75, 3.05) is 13.1 Å². The number of nitrogens with zero attached hydrogens (tertiary/aromatic N) is 1. The van der Waals surface area contributed by atoms with Gasteiger partial charge in [0.15, 0.2) is 0 Å². The molecule has 1 aliphatic rings. The molecule has 0 bridgehead atoms. The highest BCUT2D eigenvalue weighted by Gasteiger charge is 2.40. The van der Waals surface area contributed by atoms with Crippen molar-refractivity contribution >= 4 is 5.91 Å². The summed E-state index contributed by atoms with van der Waals surface area (Å²) in [5.74, 6) is -0.817. The number of hydrogen-bond acceptors (Lipinski definition) is 3. The molecule has 0 aromatic heterocycles. The Labute approximate surface area is 112 Å². The summed E-state index contributed by atoms with van der Waals surface area (Å²) in [4.78, 5) is 13.5. The first-order chi connectivity index (χ1) is 8.83. The molecule has 4 nitrogen and oxygen atoms in total. The van der Waals surface area contributed by atoms with Crippen LogP contribution in [-0.4, -0.2) is 29.0 Å². The number of phenols is 1. The van der Waals surface area contributed by atoms with E-state index in [1.807, 2.05) is 13.8 Å². The molecule has 1 aliphatic heterocycles. The van der Waals surface area contributed by atoms with Gasteiger partial charge in [-0.1, -0.05) is 6.07 Å². The maximum atomic E-state index is 13.0. The zero-order valence-electron chi connectivity index (χ0n) is 11.2. The van der Waals surface area contributed by atoms with Crippen molar-refractivity contribution in [2.24, 2.45) is 11.1 Å². The van der Waals surface area contributed by atoms with Crippen LogP contribution in [0.4, 0.5) is 4.39 Å². The number of hydrogen-bond donors (Lipinski definition) is 2. The molecule has 0 radical (unpaired) electrons. The average molecular weight is 266 g/mol. The van der Waals surface area contributed by atoms with Crippen LogP contribution < -0.4 is 5.73 Å². The van der Waals surface area contributed by atoms with Crippen molar-refractivity contribution in [3.05, 3.63) is 29.6 Å². The van der Waals surface area contributed by atoms with Gasteiger partial charge in [-0.2, -0.15) is 0 Å². The molecule has 3 N–H and O–H groups in total. The Balaban J connectivity index is 2.17. The van der Waals surface area contributed by atoms with Gasteiger partial charge in [-0.25, -0.2) is 4.39 Å². The number of benzene rings is 1. The topological polar surface area (TPSA) is 66.6 Å². The van der Waals surface area contributed by atoms with Gasteiger partial charge in [-0.05, 0) is 32.9 Å². The summed E-state index contributed by atoms with van der Waals surface area (Å²) in [6.07, 6.45) is 0.703. The Morgan fingerprint density at radius 2 is 2.26 bits per heavy atom. The predicted molar refractivity (Wildman–Crippen MR) is 70.0 cm³/mol. The summed E-state index contributed by atoms with van der Waals surface area (Å²) in [5, 5.41) is 9.80. The van der Waals surface area contributed by atoms with E-state index < -0.39 is 11.2 Å². The SMILES string of the molecule is CC(c1ccc(F)cc1O)N1CCC(C)(C(N)=O)C1. The minimum atomic E-state index is -0.524. The molecule has 1 amide bonds. The van der Waals surface area contributed by atoms with E-state index in [-0.39, 0.29) is 17.7 Å². The number of nitrogens with two attached hydrogens (primary N) is 1. The van der Waals surface area contributed by atoms with Crippen molar-refractivity contribution in [1.29, 1.82) is 0 Å². The van der Waals surface area contributed by atoms with E-state index in [1.54, 1.807) is 6.07 Å². The lowest BCUT2D eigenvalue weighted by atomic mass is 9.89. The third-order valence-corrected chi connectivity index (χ3v) is 4.09. The number of rotatable bonds is 3. The van der Waals surface area contributed by atoms with Gasteiger partial charge >= 0.3 is 0 Å². The van der Waals surface area contributed by atoms with Crippen LogP contribution in [0.2, 0.25) is 0 Å². The van der Waals surface area contributed by atoms with Crippen molar-refractivity contribution in [3.8, 4) is 5.75 Å². The summed E-state index contributed by atoms with van der Waals surface area (Å²) in [6, 6.07) is 3.93. The second-order valence-electron chi connectivity index (χ2n) is 5.52. The summed E-state index contributed by atoms with van der Waals surface area (Å²) in [5.41, 5.74) is 5.56. The van der Waals surface area contributed by atoms with Gasteiger partial charge in [0.05, 0.1) is 5.41 Å². The number of primary amides is 1. The van der Waals surface area contributed by atoms with Crippen molar-refractivity contribution in [3.63, 3.8) is 0 Å². The molecule has 2 atom stereocenters. The van der Waals surface area contributed by atoms with Gasteiger partial charge in [-0.15, -0.1) is 0 Å². The Bertz CT molecular complexity index is 506. The normalized spacial score (nSPS) is 25.4. The highest BCUT2D eigenvalue weighted by molar-refractivity contribution is 5.81. The van der Waals surface area contributed by atoms with E-state index >= 15 is 0 Å². The number of carbonyl (C=O) groups excluding carboxylic acids is 1. The van der Waals surface area contributed by atoms with E-state index in [2.05, 4.69) is 4.90 Å². The number of phenolic OH excluding ortho intramolecular Hbond substituents is 1. The molecular formula is C14H19FN2O2. The Hall–Kier alpha value is -1.62. The van der Waals surface area contributed by atoms with Crippen LogP contribution in [0, 0.1) is 11.2 Å². The summed E-state index contributed by atoms with van der Waals surface area (Å²) in [7, 11) is 0. The van der Waals surface area contributed by atoms with Crippen LogP contribution >= 0.6 is 0 Å². The number of amides is 1. The molecule has 1 aromatic carbocycles. The first-order valence-corrected chi connectivity index (χ1v) is 6.36. The first kappa shape index (κ1) is 13.8. The average Bonchev–Trinajstić information content (AvgIpc) is 2.73. The highest BCUT2D eigenvalue weighted by Crippen LogP contribution is 2.37. The highest BCUT2D eigenvalue weighted by atomic mass is 19.1. The van der Waals surface area contributed by atoms with Crippen LogP contribution in [-0.2, 0) is 4.79 Å². The summed E-state index contributed by atoms with van der Waals surface area (Å²) in [6.45, 7) is 5.07. The third-order valence-electron chi connectivity index (χ3n) is 4.09. The minimum absolute atomic E-state index is 0.0554. The predicted octanol–water partition coefficient (Wildman–Crippen LogP) is 1.79. The molecule has 104 valence electrons. The van der Waals surface area contributed by atoms with Crippen LogP contribution in [0.3, 0.4) is 0 Å². The van der Waals surface area contributed by atoms with E-state index in [9.17, 15) is 14.3 Å². The maximum Gasteiger partial charge on any atom is 0.224 e. The monoisotopic (exact) mass is 266 g/mol. The molecule has 5 heteroatoms. The van der Waals surface area contributed by atoms with Crippen LogP contribution in [0.25, 0.3) is 0 Å². The molecule has 0 aliphatic carbocycles. The number of carbonyl (C=O) groups is 1. The molecule has 0 spiro atoms. The number of halogens is 1. The van der Waals surface area contributed by atoms with Crippen molar-refractivity contribution in [1.82, 2.24) is 4.90 Å². The molecule has 19 heavy (non-hydrogen) atoms. The quantitative estimate of drug-likeness (QED) is 0.876. The summed E-state index contributed by atoms with van der Waals surface area (Å²) >= 11 is 0. The molecule has 1 heterocycles. The molecule has 1 fully saturated rings. The van der Waals surface area contributed by atoms with Crippen molar-refractivity contribution < 1.29 is 14.3 Å². The lowest BCUT2D eigenvalue weighted by Crippen LogP contribution is -2.37. The number of aromatic hydroxyl groups is 1. The van der Waals surface area contributed by atoms with Gasteiger partial charge < -0.3 is 10.8 Å². The van der Waals surface area contributed by atoms with Gasteiger partial charge in [0.1, 0.15) is 11.6 Å². The molecule has 2 unspecified atom stereocenters. The zero-order chi connectivity index (χ0) is 14.2. The van der Waals surface area contributed by atoms with Crippen LogP contribution in [0.5, 0.6) is 5.75 Å². The Morgan fingerprint density at radius 3 is 2.79 bits per heavy atom. The fourth-order valence-electron chi connectivity index (χ4n) is 2.60. The van der Waals surface area contributed by atoms with Gasteiger partial charge in [0.2, 0.25) is 5.91 Å². The second kappa shape index (κ2) is 4.81. The van der Waals surface area contributed by atoms with E-state index in [1.165, 1.54) is 6.07 Å². The van der Waals surface area contributed by atoms with Crippen molar-refractivity contribution in [2.45, 2.75) is 26.3 Å². The fourth-order valence-corrected chi connectivity index (χ4v) is 2.60. The maximum absolute atomic E-state index is 13.0. The molecule has 0 saturated carbocycles. The third kappa shape index (κ3) is 2.56. The van der Waals surface area contributed by atoms with Gasteiger partial charge in [0, 0.05) is 24.2 Å². The molecular weight excluding hydrogens is 247 g/mol. The first-order valence-electron chi connectivity index (χ1n) is 6.36. The van der Waals surface area contributed by atoms with Crippen LogP contribution in [0.15, 0.2) is 18.2 Å². The Morgan fingerprint density at radius 1 is 1.58 bits per heavy atom. The van der Waals surface area contributed by atoms with E-state index in [4.69, 9.17) is 5.73 Å². The molecule has 1 saturated heterocycles. The second-order valence-corrected chi connectivity index (χ2v) is 5.52. The lowest BCUT2D eigenvalue weighted by molar-refractivity contribution is -0.126. The lowest BCUT2D eigenvalue weighted by Gasteiger charge is -2.27. The van der Waals surface area contributed by atoms with E-state index in [0.717, 1.165) is 12.6 Å². The standard InChI is InChI=1S/C14H19FN2O2/c1-9(11-4-3-10(15)7-12(11)18)17-6-5-14(2,8-17)13(16)19/h3-4,7,9,18H,5-6,8H2,1-2H3,(H2,16,19). The summed E-state index contributed by atoms with van der Waals surface area (Å²) < 4.78 is 13.0. The van der Waals surface area contributed by atoms with E-state index in [0.29, 0.717) is 18.5 Å².